The summed E-state index contributed by atoms with van der Waals surface area (Å²) in [7, 11) is 4.58. The first kappa shape index (κ1) is 21.9. The summed E-state index contributed by atoms with van der Waals surface area (Å²) in [5, 5.41) is 7.22. The van der Waals surface area contributed by atoms with Gasteiger partial charge < -0.3 is 25.3 Å². The van der Waals surface area contributed by atoms with Gasteiger partial charge in [0.1, 0.15) is 6.54 Å². The molecule has 0 radical (unpaired) electrons. The lowest BCUT2D eigenvalue weighted by atomic mass is 10.0. The van der Waals surface area contributed by atoms with Crippen LogP contribution >= 0.6 is 0 Å². The van der Waals surface area contributed by atoms with Crippen LogP contribution in [-0.2, 0) is 11.3 Å². The highest BCUT2D eigenvalue weighted by Gasteiger charge is 2.18. The summed E-state index contributed by atoms with van der Waals surface area (Å²) in [5.74, 6) is 2.02. The van der Waals surface area contributed by atoms with Crippen LogP contribution in [0.5, 0.6) is 17.2 Å². The van der Waals surface area contributed by atoms with Crippen LogP contribution in [0, 0.1) is 0 Å². The smallest absolute Gasteiger partial charge is 0.246 e. The monoisotopic (exact) mass is 425 g/mol. The molecule has 9 heteroatoms. The number of benzene rings is 2. The van der Waals surface area contributed by atoms with Crippen LogP contribution in [0.3, 0.4) is 0 Å². The number of hydrogen-bond donors (Lipinski definition) is 2. The van der Waals surface area contributed by atoms with Gasteiger partial charge in [-0.1, -0.05) is 26.0 Å². The lowest BCUT2D eigenvalue weighted by Gasteiger charge is -2.13. The minimum atomic E-state index is -0.259. The first-order valence-electron chi connectivity index (χ1n) is 9.76. The fourth-order valence-corrected chi connectivity index (χ4v) is 3.09. The van der Waals surface area contributed by atoms with E-state index in [0.29, 0.717) is 40.2 Å². The lowest BCUT2D eigenvalue weighted by Crippen LogP contribution is -2.20. The number of nitrogen functional groups attached to an aromatic ring is 1. The van der Waals surface area contributed by atoms with Gasteiger partial charge in [0, 0.05) is 11.3 Å². The van der Waals surface area contributed by atoms with Gasteiger partial charge in [-0.15, -0.1) is 5.10 Å². The van der Waals surface area contributed by atoms with Crippen molar-refractivity contribution in [3.63, 3.8) is 0 Å². The van der Waals surface area contributed by atoms with E-state index < -0.39 is 0 Å². The van der Waals surface area contributed by atoms with E-state index in [4.69, 9.17) is 19.9 Å². The number of amides is 1. The number of aromatic nitrogens is 3. The van der Waals surface area contributed by atoms with Gasteiger partial charge in [-0.25, -0.2) is 4.68 Å². The number of anilines is 2. The standard InChI is InChI=1S/C22H27N5O4/c1-13(2)14-6-8-16(9-7-14)24-19(28)12-27-22(23)25-21(26-27)15-10-17(29-3)20(31-5)18(11-15)30-4/h6-11,13H,12H2,1-5H3,(H,24,28)(H2,23,25,26). The third kappa shape index (κ3) is 4.88. The number of hydrogen-bond acceptors (Lipinski definition) is 7. The number of nitrogens with one attached hydrogen (secondary N) is 1. The average Bonchev–Trinajstić information content (AvgIpc) is 3.12. The molecule has 2 aromatic carbocycles. The van der Waals surface area contributed by atoms with E-state index in [-0.39, 0.29) is 18.4 Å². The lowest BCUT2D eigenvalue weighted by molar-refractivity contribution is -0.116. The van der Waals surface area contributed by atoms with Crippen molar-refractivity contribution in [2.45, 2.75) is 26.3 Å². The SMILES string of the molecule is COc1cc(-c2nc(N)n(CC(=O)Nc3ccc(C(C)C)cc3)n2)cc(OC)c1OC. The van der Waals surface area contributed by atoms with Crippen LogP contribution in [-0.4, -0.2) is 42.0 Å². The van der Waals surface area contributed by atoms with Crippen LogP contribution in [0.2, 0.25) is 0 Å². The number of nitrogens with two attached hydrogens (primary N) is 1. The molecule has 1 heterocycles. The molecule has 0 saturated carbocycles. The minimum Gasteiger partial charge on any atom is -0.493 e. The Morgan fingerprint density at radius 1 is 1.06 bits per heavy atom. The van der Waals surface area contributed by atoms with Crippen molar-refractivity contribution < 1.29 is 19.0 Å². The molecule has 0 unspecified atom stereocenters. The molecule has 3 N–H and O–H groups in total. The van der Waals surface area contributed by atoms with Crippen LogP contribution in [0.1, 0.15) is 25.3 Å². The van der Waals surface area contributed by atoms with Crippen molar-refractivity contribution in [3.8, 4) is 28.6 Å². The molecule has 0 aliphatic rings. The van der Waals surface area contributed by atoms with Crippen LogP contribution in [0.15, 0.2) is 36.4 Å². The molecular weight excluding hydrogens is 398 g/mol. The molecule has 9 nitrogen and oxygen atoms in total. The van der Waals surface area contributed by atoms with Gasteiger partial charge in [-0.05, 0) is 35.7 Å². The normalized spacial score (nSPS) is 10.8. The maximum absolute atomic E-state index is 12.5. The summed E-state index contributed by atoms with van der Waals surface area (Å²) in [5.41, 5.74) is 8.52. The molecule has 0 spiro atoms. The Morgan fingerprint density at radius 2 is 1.68 bits per heavy atom. The zero-order chi connectivity index (χ0) is 22.5. The predicted molar refractivity (Wildman–Crippen MR) is 119 cm³/mol. The molecule has 0 bridgehead atoms. The molecule has 0 saturated heterocycles. The highest BCUT2D eigenvalue weighted by Crippen LogP contribution is 2.40. The Balaban J connectivity index is 1.78. The first-order chi connectivity index (χ1) is 14.9. The van der Waals surface area contributed by atoms with Gasteiger partial charge in [-0.2, -0.15) is 4.98 Å². The quantitative estimate of drug-likeness (QED) is 0.569. The minimum absolute atomic E-state index is 0.0742. The summed E-state index contributed by atoms with van der Waals surface area (Å²) < 4.78 is 17.4. The number of nitrogens with zero attached hydrogens (tertiary/aromatic N) is 3. The molecule has 3 rings (SSSR count). The van der Waals surface area contributed by atoms with Gasteiger partial charge in [0.25, 0.3) is 0 Å². The van der Waals surface area contributed by atoms with Crippen molar-refractivity contribution >= 4 is 17.5 Å². The predicted octanol–water partition coefficient (Wildman–Crippen LogP) is 3.32. The fraction of sp³-hybridized carbons (Fsp3) is 0.318. The first-order valence-corrected chi connectivity index (χ1v) is 9.76. The largest absolute Gasteiger partial charge is 0.493 e. The zero-order valence-corrected chi connectivity index (χ0v) is 18.3. The van der Waals surface area contributed by atoms with Gasteiger partial charge >= 0.3 is 0 Å². The Hall–Kier alpha value is -3.75. The van der Waals surface area contributed by atoms with Crippen LogP contribution in [0.4, 0.5) is 11.6 Å². The summed E-state index contributed by atoms with van der Waals surface area (Å²) in [4.78, 5) is 16.7. The van der Waals surface area contributed by atoms with E-state index >= 15 is 0 Å². The summed E-state index contributed by atoms with van der Waals surface area (Å²) >= 11 is 0. The number of carbonyl (C=O) groups excluding carboxylic acids is 1. The number of ether oxygens (including phenoxy) is 3. The average molecular weight is 425 g/mol. The third-order valence-electron chi connectivity index (χ3n) is 4.78. The summed E-state index contributed by atoms with van der Waals surface area (Å²) in [6.07, 6.45) is 0. The molecular formula is C22H27N5O4. The highest BCUT2D eigenvalue weighted by molar-refractivity contribution is 5.90. The van der Waals surface area contributed by atoms with Crippen molar-refractivity contribution in [1.82, 2.24) is 14.8 Å². The maximum Gasteiger partial charge on any atom is 0.246 e. The van der Waals surface area contributed by atoms with E-state index in [1.54, 1.807) is 12.1 Å². The van der Waals surface area contributed by atoms with Crippen LogP contribution < -0.4 is 25.3 Å². The maximum atomic E-state index is 12.5. The molecule has 1 amide bonds. The zero-order valence-electron chi connectivity index (χ0n) is 18.3. The van der Waals surface area contributed by atoms with Gasteiger partial charge in [-0.3, -0.25) is 4.79 Å². The van der Waals surface area contributed by atoms with Gasteiger partial charge in [0.2, 0.25) is 17.6 Å². The molecule has 164 valence electrons. The Morgan fingerprint density at radius 3 is 2.19 bits per heavy atom. The summed E-state index contributed by atoms with van der Waals surface area (Å²) in [6, 6.07) is 11.2. The molecule has 0 aliphatic heterocycles. The molecule has 1 aromatic heterocycles. The van der Waals surface area contributed by atoms with E-state index in [2.05, 4.69) is 29.2 Å². The number of carbonyl (C=O) groups is 1. The number of methoxy groups -OCH3 is 3. The number of rotatable bonds is 8. The highest BCUT2D eigenvalue weighted by atomic mass is 16.5. The molecule has 0 atom stereocenters. The fourth-order valence-electron chi connectivity index (χ4n) is 3.09. The van der Waals surface area contributed by atoms with E-state index in [1.807, 2.05) is 24.3 Å². The molecule has 0 fully saturated rings. The van der Waals surface area contributed by atoms with Gasteiger partial charge in [0.15, 0.2) is 17.3 Å². The molecule has 31 heavy (non-hydrogen) atoms. The van der Waals surface area contributed by atoms with Crippen molar-refractivity contribution in [3.05, 3.63) is 42.0 Å². The third-order valence-corrected chi connectivity index (χ3v) is 4.78. The second-order valence-corrected chi connectivity index (χ2v) is 7.19. The second-order valence-electron chi connectivity index (χ2n) is 7.19. The van der Waals surface area contributed by atoms with E-state index in [1.165, 1.54) is 31.6 Å². The second kappa shape index (κ2) is 9.38. The van der Waals surface area contributed by atoms with Crippen LogP contribution in [0.25, 0.3) is 11.4 Å². The molecule has 3 aromatic rings. The summed E-state index contributed by atoms with van der Waals surface area (Å²) in [6.45, 7) is 4.16. The van der Waals surface area contributed by atoms with Crippen molar-refractivity contribution in [2.75, 3.05) is 32.4 Å². The Bertz CT molecular complexity index is 1040. The van der Waals surface area contributed by atoms with Crippen molar-refractivity contribution in [2.24, 2.45) is 0 Å². The van der Waals surface area contributed by atoms with E-state index in [0.717, 1.165) is 0 Å². The van der Waals surface area contributed by atoms with Gasteiger partial charge in [0.05, 0.1) is 21.3 Å². The Kier molecular flexibility index (Phi) is 6.64. The van der Waals surface area contributed by atoms with E-state index in [9.17, 15) is 4.79 Å². The molecule has 0 aliphatic carbocycles. The topological polar surface area (TPSA) is 114 Å². The Labute approximate surface area is 181 Å². The van der Waals surface area contributed by atoms with Crippen molar-refractivity contribution in [1.29, 1.82) is 0 Å².